The van der Waals surface area contributed by atoms with Gasteiger partial charge in [0.25, 0.3) is 0 Å². The lowest BCUT2D eigenvalue weighted by molar-refractivity contribution is 0.403. The van der Waals surface area contributed by atoms with Crippen molar-refractivity contribution in [1.29, 1.82) is 0 Å². The third-order valence-electron chi connectivity index (χ3n) is 1.30. The van der Waals surface area contributed by atoms with Crippen molar-refractivity contribution >= 4 is 0 Å². The third-order valence-corrected chi connectivity index (χ3v) is 1.30. The Morgan fingerprint density at radius 3 is 2.10 bits per heavy atom. The molecule has 0 amide bonds. The lowest BCUT2D eigenvalue weighted by Crippen LogP contribution is -2.00. The smallest absolute Gasteiger partial charge is 0.144 e. The molecule has 0 aromatic carbocycles. The second-order valence-corrected chi connectivity index (χ2v) is 3.78. The van der Waals surface area contributed by atoms with Crippen LogP contribution in [0.2, 0.25) is 0 Å². The molecule has 1 fully saturated rings. The highest BCUT2D eigenvalue weighted by Crippen LogP contribution is 2.20. The number of ether oxygens (including phenoxy) is 1. The minimum absolute atomic E-state index is 0.117. The van der Waals surface area contributed by atoms with Gasteiger partial charge in [0, 0.05) is 5.41 Å². The van der Waals surface area contributed by atoms with E-state index in [1.54, 1.807) is 0 Å². The second kappa shape index (κ2) is 2.29. The van der Waals surface area contributed by atoms with E-state index in [4.69, 9.17) is 4.74 Å². The minimum Gasteiger partial charge on any atom is -0.356 e. The summed E-state index contributed by atoms with van der Waals surface area (Å²) in [5.74, 6) is 6.21. The predicted molar refractivity (Wildman–Crippen MR) is 41.6 cm³/mol. The van der Waals surface area contributed by atoms with Crippen LogP contribution in [0.25, 0.3) is 0 Å². The maximum atomic E-state index is 5.14. The summed E-state index contributed by atoms with van der Waals surface area (Å²) in [6.45, 7) is 8.36. The van der Waals surface area contributed by atoms with Gasteiger partial charge in [-0.05, 0) is 27.7 Å². The topological polar surface area (TPSA) is 12.5 Å². The van der Waals surface area contributed by atoms with Crippen molar-refractivity contribution in [2.45, 2.75) is 39.9 Å². The van der Waals surface area contributed by atoms with Crippen molar-refractivity contribution in [2.75, 3.05) is 0 Å². The zero-order valence-electron chi connectivity index (χ0n) is 7.06. The molecule has 1 nitrogen and oxygen atoms in total. The Morgan fingerprint density at radius 1 is 1.30 bits per heavy atom. The van der Waals surface area contributed by atoms with Crippen LogP contribution in [0.15, 0.2) is 0 Å². The Labute approximate surface area is 62.8 Å². The van der Waals surface area contributed by atoms with E-state index in [0.29, 0.717) is 6.10 Å². The van der Waals surface area contributed by atoms with E-state index in [0.717, 1.165) is 0 Å². The van der Waals surface area contributed by atoms with Crippen molar-refractivity contribution < 1.29 is 4.74 Å². The lowest BCUT2D eigenvalue weighted by Gasteiger charge is -2.06. The highest BCUT2D eigenvalue weighted by molar-refractivity contribution is 5.16. The van der Waals surface area contributed by atoms with Gasteiger partial charge in [-0.1, -0.05) is 11.8 Å². The van der Waals surface area contributed by atoms with Gasteiger partial charge < -0.3 is 4.74 Å². The molecule has 1 saturated heterocycles. The highest BCUT2D eigenvalue weighted by atomic mass is 16.6. The third kappa shape index (κ3) is 2.41. The zero-order valence-corrected chi connectivity index (χ0v) is 7.06. The number of hydrogen-bond donors (Lipinski definition) is 0. The standard InChI is InChI=1S/C9H14O/c1-7-8(10-7)5-6-9(2,3)4/h7-8H,1-4H3. The summed E-state index contributed by atoms with van der Waals surface area (Å²) < 4.78 is 5.14. The summed E-state index contributed by atoms with van der Waals surface area (Å²) in [4.78, 5) is 0. The van der Waals surface area contributed by atoms with Crippen LogP contribution in [-0.4, -0.2) is 12.2 Å². The van der Waals surface area contributed by atoms with Crippen LogP contribution >= 0.6 is 0 Å². The van der Waals surface area contributed by atoms with E-state index < -0.39 is 0 Å². The molecule has 0 aromatic rings. The monoisotopic (exact) mass is 138 g/mol. The first-order chi connectivity index (χ1) is 4.49. The summed E-state index contributed by atoms with van der Waals surface area (Å²) in [5, 5.41) is 0. The molecule has 2 unspecified atom stereocenters. The van der Waals surface area contributed by atoms with Gasteiger partial charge >= 0.3 is 0 Å². The molecule has 1 heteroatoms. The van der Waals surface area contributed by atoms with Crippen LogP contribution in [0.1, 0.15) is 27.7 Å². The first-order valence-corrected chi connectivity index (χ1v) is 3.67. The molecule has 56 valence electrons. The van der Waals surface area contributed by atoms with Crippen LogP contribution in [-0.2, 0) is 4.74 Å². The number of rotatable bonds is 0. The average molecular weight is 138 g/mol. The molecule has 2 atom stereocenters. The summed E-state index contributed by atoms with van der Waals surface area (Å²) in [7, 11) is 0. The Bertz CT molecular complexity index is 177. The SMILES string of the molecule is CC1OC1C#CC(C)(C)C. The molecule has 0 saturated carbocycles. The average Bonchev–Trinajstić information content (AvgIpc) is 2.40. The minimum atomic E-state index is 0.117. The van der Waals surface area contributed by atoms with Gasteiger partial charge in [-0.2, -0.15) is 0 Å². The molecule has 0 bridgehead atoms. The Balaban J connectivity index is 2.40. The van der Waals surface area contributed by atoms with Crippen molar-refractivity contribution in [1.82, 2.24) is 0 Å². The largest absolute Gasteiger partial charge is 0.356 e. The van der Waals surface area contributed by atoms with Gasteiger partial charge in [-0.25, -0.2) is 0 Å². The van der Waals surface area contributed by atoms with Crippen molar-refractivity contribution in [3.8, 4) is 11.8 Å². The molecule has 0 spiro atoms. The van der Waals surface area contributed by atoms with Crippen molar-refractivity contribution in [2.24, 2.45) is 5.41 Å². The van der Waals surface area contributed by atoms with Gasteiger partial charge in [-0.15, -0.1) is 0 Å². The first-order valence-electron chi connectivity index (χ1n) is 3.67. The molecule has 0 N–H and O–H groups in total. The Hall–Kier alpha value is -0.480. The fourth-order valence-electron chi connectivity index (χ4n) is 0.625. The van der Waals surface area contributed by atoms with Crippen LogP contribution in [0.3, 0.4) is 0 Å². The van der Waals surface area contributed by atoms with Crippen molar-refractivity contribution in [3.63, 3.8) is 0 Å². The normalized spacial score (nSPS) is 30.8. The summed E-state index contributed by atoms with van der Waals surface area (Å²) in [5.41, 5.74) is 0.117. The van der Waals surface area contributed by atoms with Gasteiger partial charge in [0.1, 0.15) is 6.10 Å². The van der Waals surface area contributed by atoms with Crippen molar-refractivity contribution in [3.05, 3.63) is 0 Å². The number of hydrogen-bond acceptors (Lipinski definition) is 1. The van der Waals surface area contributed by atoms with E-state index in [2.05, 4.69) is 32.6 Å². The van der Waals surface area contributed by atoms with Gasteiger partial charge in [0.05, 0.1) is 6.10 Å². The molecule has 0 radical (unpaired) electrons. The van der Waals surface area contributed by atoms with E-state index in [-0.39, 0.29) is 11.5 Å². The van der Waals surface area contributed by atoms with Crippen LogP contribution < -0.4 is 0 Å². The van der Waals surface area contributed by atoms with Gasteiger partial charge in [0.15, 0.2) is 0 Å². The number of epoxide rings is 1. The van der Waals surface area contributed by atoms with Crippen LogP contribution in [0.4, 0.5) is 0 Å². The summed E-state index contributed by atoms with van der Waals surface area (Å²) in [6.07, 6.45) is 0.592. The van der Waals surface area contributed by atoms with Crippen LogP contribution in [0.5, 0.6) is 0 Å². The maximum Gasteiger partial charge on any atom is 0.144 e. The summed E-state index contributed by atoms with van der Waals surface area (Å²) >= 11 is 0. The van der Waals surface area contributed by atoms with Crippen LogP contribution in [0, 0.1) is 17.3 Å². The predicted octanol–water partition coefficient (Wildman–Crippen LogP) is 1.82. The molecule has 1 aliphatic heterocycles. The maximum absolute atomic E-state index is 5.14. The molecule has 0 aromatic heterocycles. The molecular formula is C9H14O. The molecular weight excluding hydrogens is 124 g/mol. The highest BCUT2D eigenvalue weighted by Gasteiger charge is 2.32. The quantitative estimate of drug-likeness (QED) is 0.367. The Kier molecular flexibility index (Phi) is 1.74. The molecule has 0 aliphatic carbocycles. The summed E-state index contributed by atoms with van der Waals surface area (Å²) in [6, 6.07) is 0. The molecule has 1 heterocycles. The molecule has 1 rings (SSSR count). The second-order valence-electron chi connectivity index (χ2n) is 3.78. The fourth-order valence-corrected chi connectivity index (χ4v) is 0.625. The first kappa shape index (κ1) is 7.63. The van der Waals surface area contributed by atoms with E-state index in [9.17, 15) is 0 Å². The molecule has 1 aliphatic rings. The Morgan fingerprint density at radius 2 is 1.80 bits per heavy atom. The van der Waals surface area contributed by atoms with E-state index in [1.807, 2.05) is 6.92 Å². The fraction of sp³-hybridized carbons (Fsp3) is 0.778. The van der Waals surface area contributed by atoms with E-state index >= 15 is 0 Å². The lowest BCUT2D eigenvalue weighted by atomic mass is 9.98. The van der Waals surface area contributed by atoms with Gasteiger partial charge in [0.2, 0.25) is 0 Å². The zero-order chi connectivity index (χ0) is 7.78. The van der Waals surface area contributed by atoms with E-state index in [1.165, 1.54) is 0 Å². The molecule has 10 heavy (non-hydrogen) atoms. The van der Waals surface area contributed by atoms with Gasteiger partial charge in [-0.3, -0.25) is 0 Å².